The number of carbonyl (C=O) groups excluding carboxylic acids is 2. The Morgan fingerprint density at radius 3 is 2.24 bits per heavy atom. The molecule has 1 aliphatic rings. The Morgan fingerprint density at radius 2 is 1.76 bits per heavy atom. The number of benzene rings is 1. The number of piperidine rings is 1. The van der Waals surface area contributed by atoms with Gasteiger partial charge in [-0.05, 0) is 31.4 Å². The number of nitrogens with two attached hydrogens (primary N) is 1. The number of hydrogen-bond acceptors (Lipinski definition) is 5. The molecule has 1 aromatic rings. The Kier molecular flexibility index (Phi) is 10.8. The maximum absolute atomic E-state index is 12.9. The van der Waals surface area contributed by atoms with Gasteiger partial charge >= 0.3 is 0 Å². The molecule has 1 aliphatic heterocycles. The van der Waals surface area contributed by atoms with Crippen molar-refractivity contribution in [2.45, 2.75) is 45.1 Å². The molecule has 1 aromatic carbocycles. The highest BCUT2D eigenvalue weighted by atomic mass is 35.5. The van der Waals surface area contributed by atoms with Gasteiger partial charge in [0.1, 0.15) is 11.5 Å². The Hall–Kier alpha value is -1.99. The number of carbonyl (C=O) groups is 2. The molecule has 1 unspecified atom stereocenters. The third-order valence-electron chi connectivity index (χ3n) is 5.29. The van der Waals surface area contributed by atoms with Crippen LogP contribution in [0.5, 0.6) is 11.5 Å². The maximum Gasteiger partial charge on any atom is 0.254 e. The topological polar surface area (TPSA) is 93.9 Å². The van der Waals surface area contributed by atoms with E-state index in [-0.39, 0.29) is 36.2 Å². The fourth-order valence-corrected chi connectivity index (χ4v) is 3.48. The van der Waals surface area contributed by atoms with Crippen LogP contribution in [0.2, 0.25) is 0 Å². The van der Waals surface area contributed by atoms with Crippen molar-refractivity contribution in [3.63, 3.8) is 0 Å². The summed E-state index contributed by atoms with van der Waals surface area (Å²) < 4.78 is 10.5. The van der Waals surface area contributed by atoms with Gasteiger partial charge < -0.3 is 25.4 Å². The molecule has 1 atom stereocenters. The van der Waals surface area contributed by atoms with Crippen LogP contribution in [0.3, 0.4) is 0 Å². The van der Waals surface area contributed by atoms with E-state index in [0.29, 0.717) is 49.5 Å². The average molecular weight is 428 g/mol. The Labute approximate surface area is 179 Å². The average Bonchev–Trinajstić information content (AvgIpc) is 2.75. The molecule has 2 rings (SSSR count). The zero-order valence-electron chi connectivity index (χ0n) is 17.6. The lowest BCUT2D eigenvalue weighted by Crippen LogP contribution is -2.47. The molecule has 8 heteroatoms. The lowest BCUT2D eigenvalue weighted by Gasteiger charge is -2.32. The van der Waals surface area contributed by atoms with Gasteiger partial charge in [-0.15, -0.1) is 12.4 Å². The molecule has 29 heavy (non-hydrogen) atoms. The molecular formula is C21H34ClN3O4. The summed E-state index contributed by atoms with van der Waals surface area (Å²) in [6, 6.07) is 5.20. The number of likely N-dealkylation sites (tertiary alicyclic amines) is 1. The SMILES string of the molecule is CCCCC(CN)NC(=O)C1CCN(C(=O)c2cc(OC)cc(OC)c2)CC1.Cl. The van der Waals surface area contributed by atoms with Crippen LogP contribution in [0.15, 0.2) is 18.2 Å². The van der Waals surface area contributed by atoms with E-state index in [1.807, 2.05) is 0 Å². The summed E-state index contributed by atoms with van der Waals surface area (Å²) >= 11 is 0. The molecule has 0 aliphatic carbocycles. The van der Waals surface area contributed by atoms with Crippen molar-refractivity contribution in [1.82, 2.24) is 10.2 Å². The zero-order valence-corrected chi connectivity index (χ0v) is 18.4. The minimum Gasteiger partial charge on any atom is -0.497 e. The first kappa shape index (κ1) is 25.0. The maximum atomic E-state index is 12.9. The predicted molar refractivity (Wildman–Crippen MR) is 116 cm³/mol. The smallest absolute Gasteiger partial charge is 0.254 e. The summed E-state index contributed by atoms with van der Waals surface area (Å²) in [6.07, 6.45) is 4.36. The fraction of sp³-hybridized carbons (Fsp3) is 0.619. The van der Waals surface area contributed by atoms with Crippen LogP contribution in [0.25, 0.3) is 0 Å². The summed E-state index contributed by atoms with van der Waals surface area (Å²) in [5, 5.41) is 3.08. The van der Waals surface area contributed by atoms with E-state index >= 15 is 0 Å². The highest BCUT2D eigenvalue weighted by Gasteiger charge is 2.29. The molecule has 7 nitrogen and oxygen atoms in total. The van der Waals surface area contributed by atoms with Crippen LogP contribution in [-0.2, 0) is 4.79 Å². The summed E-state index contributed by atoms with van der Waals surface area (Å²) in [6.45, 7) is 3.69. The van der Waals surface area contributed by atoms with Crippen LogP contribution in [0, 0.1) is 5.92 Å². The van der Waals surface area contributed by atoms with E-state index < -0.39 is 0 Å². The molecule has 1 fully saturated rings. The summed E-state index contributed by atoms with van der Waals surface area (Å²) in [7, 11) is 3.12. The van der Waals surface area contributed by atoms with Crippen molar-refractivity contribution < 1.29 is 19.1 Å². The van der Waals surface area contributed by atoms with E-state index in [9.17, 15) is 9.59 Å². The molecule has 0 radical (unpaired) electrons. The molecule has 1 saturated heterocycles. The first-order valence-electron chi connectivity index (χ1n) is 10.0. The molecule has 3 N–H and O–H groups in total. The molecule has 164 valence electrons. The van der Waals surface area contributed by atoms with Gasteiger partial charge in [-0.3, -0.25) is 9.59 Å². The largest absolute Gasteiger partial charge is 0.497 e. The normalized spacial score (nSPS) is 15.2. The highest BCUT2D eigenvalue weighted by Crippen LogP contribution is 2.25. The second kappa shape index (κ2) is 12.5. The molecular weight excluding hydrogens is 394 g/mol. The number of halogens is 1. The number of amides is 2. The number of nitrogens with zero attached hydrogens (tertiary/aromatic N) is 1. The number of hydrogen-bond donors (Lipinski definition) is 2. The Bertz CT molecular complexity index is 641. The van der Waals surface area contributed by atoms with Crippen molar-refractivity contribution in [3.8, 4) is 11.5 Å². The van der Waals surface area contributed by atoms with Crippen molar-refractivity contribution in [2.75, 3.05) is 33.9 Å². The van der Waals surface area contributed by atoms with Gasteiger partial charge in [-0.25, -0.2) is 0 Å². The van der Waals surface area contributed by atoms with Gasteiger partial charge in [0.25, 0.3) is 5.91 Å². The van der Waals surface area contributed by atoms with Crippen molar-refractivity contribution >= 4 is 24.2 Å². The quantitative estimate of drug-likeness (QED) is 0.631. The summed E-state index contributed by atoms with van der Waals surface area (Å²) in [5.41, 5.74) is 6.31. The standard InChI is InChI=1S/C21H33N3O4.ClH/c1-4-5-6-17(14-22)23-20(25)15-7-9-24(10-8-15)21(26)16-11-18(27-2)13-19(12-16)28-3;/h11-13,15,17H,4-10,14,22H2,1-3H3,(H,23,25);1H. The number of rotatable bonds is 9. The molecule has 0 spiro atoms. The van der Waals surface area contributed by atoms with Crippen molar-refractivity contribution in [2.24, 2.45) is 11.7 Å². The van der Waals surface area contributed by atoms with Gasteiger partial charge in [0.2, 0.25) is 5.91 Å². The van der Waals surface area contributed by atoms with Crippen molar-refractivity contribution in [3.05, 3.63) is 23.8 Å². The molecule has 2 amide bonds. The molecule has 0 saturated carbocycles. The lowest BCUT2D eigenvalue weighted by atomic mass is 9.94. The number of nitrogens with one attached hydrogen (secondary N) is 1. The van der Waals surface area contributed by atoms with E-state index in [0.717, 1.165) is 19.3 Å². The zero-order chi connectivity index (χ0) is 20.5. The monoisotopic (exact) mass is 427 g/mol. The molecule has 1 heterocycles. The van der Waals surface area contributed by atoms with E-state index in [2.05, 4.69) is 12.2 Å². The highest BCUT2D eigenvalue weighted by molar-refractivity contribution is 5.95. The van der Waals surface area contributed by atoms with Gasteiger partial charge in [0, 0.05) is 43.2 Å². The second-order valence-electron chi connectivity index (χ2n) is 7.25. The summed E-state index contributed by atoms with van der Waals surface area (Å²) in [5.74, 6) is 1.08. The lowest BCUT2D eigenvalue weighted by molar-refractivity contribution is -0.127. The Balaban J connectivity index is 0.00000420. The van der Waals surface area contributed by atoms with Crippen LogP contribution >= 0.6 is 12.4 Å². The van der Waals surface area contributed by atoms with E-state index in [1.165, 1.54) is 0 Å². The number of methoxy groups -OCH3 is 2. The molecule has 0 aromatic heterocycles. The fourth-order valence-electron chi connectivity index (χ4n) is 3.48. The minimum atomic E-state index is -0.0705. The van der Waals surface area contributed by atoms with Gasteiger partial charge in [-0.1, -0.05) is 19.8 Å². The van der Waals surface area contributed by atoms with Gasteiger partial charge in [0.05, 0.1) is 14.2 Å². The first-order chi connectivity index (χ1) is 13.5. The van der Waals surface area contributed by atoms with Crippen LogP contribution in [0.1, 0.15) is 49.4 Å². The van der Waals surface area contributed by atoms with Gasteiger partial charge in [0.15, 0.2) is 0 Å². The second-order valence-corrected chi connectivity index (χ2v) is 7.25. The van der Waals surface area contributed by atoms with Crippen LogP contribution in [-0.4, -0.2) is 56.6 Å². The summed E-state index contributed by atoms with van der Waals surface area (Å²) in [4.78, 5) is 27.2. The van der Waals surface area contributed by atoms with Crippen molar-refractivity contribution in [1.29, 1.82) is 0 Å². The third-order valence-corrected chi connectivity index (χ3v) is 5.29. The van der Waals surface area contributed by atoms with E-state index in [4.69, 9.17) is 15.2 Å². The molecule has 0 bridgehead atoms. The van der Waals surface area contributed by atoms with Crippen LogP contribution < -0.4 is 20.5 Å². The number of ether oxygens (including phenoxy) is 2. The van der Waals surface area contributed by atoms with E-state index in [1.54, 1.807) is 37.3 Å². The van der Waals surface area contributed by atoms with Crippen LogP contribution in [0.4, 0.5) is 0 Å². The minimum absolute atomic E-state index is 0. The third kappa shape index (κ3) is 7.08. The van der Waals surface area contributed by atoms with Gasteiger partial charge in [-0.2, -0.15) is 0 Å². The predicted octanol–water partition coefficient (Wildman–Crippen LogP) is 2.61. The number of unbranched alkanes of at least 4 members (excludes halogenated alkanes) is 1. The first-order valence-corrected chi connectivity index (χ1v) is 10.0. The Morgan fingerprint density at radius 1 is 1.17 bits per heavy atom.